The molecule has 0 amide bonds. The van der Waals surface area contributed by atoms with Crippen LogP contribution in [0.2, 0.25) is 0 Å². The van der Waals surface area contributed by atoms with Gasteiger partial charge in [-0.3, -0.25) is 14.9 Å². The lowest BCUT2D eigenvalue weighted by Gasteiger charge is -2.38. The van der Waals surface area contributed by atoms with Crippen LogP contribution in [0, 0.1) is 0 Å². The van der Waals surface area contributed by atoms with Gasteiger partial charge in [-0.1, -0.05) is 6.42 Å². The van der Waals surface area contributed by atoms with Crippen molar-refractivity contribution < 1.29 is 0 Å². The number of rotatable bonds is 3. The Bertz CT molecular complexity index is 314. The molecule has 2 atom stereocenters. The Morgan fingerprint density at radius 2 is 2.38 bits per heavy atom. The number of piperidine rings is 1. The molecule has 4 nitrogen and oxygen atoms in total. The summed E-state index contributed by atoms with van der Waals surface area (Å²) in [6.07, 6.45) is 9.10. The van der Waals surface area contributed by atoms with Gasteiger partial charge in [-0.2, -0.15) is 0 Å². The lowest BCUT2D eigenvalue weighted by atomic mass is 9.99. The minimum atomic E-state index is 0.322. The number of aromatic nitrogens is 2. The molecule has 0 unspecified atom stereocenters. The lowest BCUT2D eigenvalue weighted by molar-refractivity contribution is 0.105. The smallest absolute Gasteiger partial charge is 0.0755 e. The zero-order chi connectivity index (χ0) is 11.4. The van der Waals surface area contributed by atoms with Gasteiger partial charge in [0.1, 0.15) is 0 Å². The number of hydrogen-bond donors (Lipinski definition) is 1. The third kappa shape index (κ3) is 2.39. The van der Waals surface area contributed by atoms with Crippen molar-refractivity contribution in [3.8, 4) is 0 Å². The highest BCUT2D eigenvalue weighted by Gasteiger charge is 2.26. The Hall–Kier alpha value is -1.00. The van der Waals surface area contributed by atoms with E-state index in [2.05, 4.69) is 21.8 Å². The fourth-order valence-corrected chi connectivity index (χ4v) is 2.48. The summed E-state index contributed by atoms with van der Waals surface area (Å²) in [5.74, 6) is 0. The molecule has 0 radical (unpaired) electrons. The van der Waals surface area contributed by atoms with Crippen LogP contribution in [0.3, 0.4) is 0 Å². The molecule has 1 aliphatic heterocycles. The molecular weight excluding hydrogens is 200 g/mol. The third-order valence-corrected chi connectivity index (χ3v) is 3.45. The van der Waals surface area contributed by atoms with E-state index in [1.54, 1.807) is 12.4 Å². The highest BCUT2D eigenvalue weighted by Crippen LogP contribution is 2.26. The first kappa shape index (κ1) is 11.5. The Balaban J connectivity index is 2.10. The molecule has 88 valence electrons. The van der Waals surface area contributed by atoms with Crippen molar-refractivity contribution in [2.75, 3.05) is 13.1 Å². The number of nitrogens with two attached hydrogens (primary N) is 1. The van der Waals surface area contributed by atoms with E-state index >= 15 is 0 Å². The molecule has 4 heteroatoms. The second-order valence-corrected chi connectivity index (χ2v) is 4.43. The van der Waals surface area contributed by atoms with Gasteiger partial charge < -0.3 is 5.73 Å². The summed E-state index contributed by atoms with van der Waals surface area (Å²) in [6.45, 7) is 4.06. The molecule has 16 heavy (non-hydrogen) atoms. The Labute approximate surface area is 96.9 Å². The standard InChI is InChI=1S/C12H20N4/c1-10(12-9-14-5-6-15-12)16-7-3-2-4-11(16)8-13/h5-6,9-11H,2-4,7-8,13H2,1H3/t10-,11+/m0/s1. The van der Waals surface area contributed by atoms with E-state index in [1.165, 1.54) is 19.3 Å². The van der Waals surface area contributed by atoms with E-state index in [0.717, 1.165) is 18.8 Å². The van der Waals surface area contributed by atoms with E-state index in [4.69, 9.17) is 5.73 Å². The highest BCUT2D eigenvalue weighted by atomic mass is 15.2. The summed E-state index contributed by atoms with van der Waals surface area (Å²) in [7, 11) is 0. The maximum atomic E-state index is 5.83. The van der Waals surface area contributed by atoms with Crippen LogP contribution in [-0.4, -0.2) is 34.0 Å². The van der Waals surface area contributed by atoms with Gasteiger partial charge in [0, 0.05) is 31.2 Å². The summed E-state index contributed by atoms with van der Waals surface area (Å²) in [4.78, 5) is 11.0. The first-order valence-electron chi connectivity index (χ1n) is 6.04. The zero-order valence-electron chi connectivity index (χ0n) is 9.84. The second-order valence-electron chi connectivity index (χ2n) is 4.43. The van der Waals surface area contributed by atoms with Gasteiger partial charge in [0.25, 0.3) is 0 Å². The maximum absolute atomic E-state index is 5.83. The molecule has 0 bridgehead atoms. The molecular formula is C12H20N4. The van der Waals surface area contributed by atoms with Gasteiger partial charge in [0.2, 0.25) is 0 Å². The van der Waals surface area contributed by atoms with Crippen molar-refractivity contribution >= 4 is 0 Å². The number of likely N-dealkylation sites (tertiary alicyclic amines) is 1. The predicted molar refractivity (Wildman–Crippen MR) is 63.8 cm³/mol. The fourth-order valence-electron chi connectivity index (χ4n) is 2.48. The van der Waals surface area contributed by atoms with Crippen molar-refractivity contribution in [1.82, 2.24) is 14.9 Å². The molecule has 0 saturated carbocycles. The zero-order valence-corrected chi connectivity index (χ0v) is 9.84. The minimum absolute atomic E-state index is 0.322. The maximum Gasteiger partial charge on any atom is 0.0755 e. The molecule has 1 aromatic rings. The van der Waals surface area contributed by atoms with Gasteiger partial charge in [-0.05, 0) is 26.3 Å². The van der Waals surface area contributed by atoms with Crippen LogP contribution in [-0.2, 0) is 0 Å². The van der Waals surface area contributed by atoms with E-state index in [-0.39, 0.29) is 0 Å². The molecule has 0 aromatic carbocycles. The topological polar surface area (TPSA) is 55.0 Å². The van der Waals surface area contributed by atoms with Gasteiger partial charge >= 0.3 is 0 Å². The average molecular weight is 220 g/mol. The molecule has 1 aliphatic rings. The third-order valence-electron chi connectivity index (χ3n) is 3.45. The van der Waals surface area contributed by atoms with Crippen LogP contribution >= 0.6 is 0 Å². The SMILES string of the molecule is C[C@@H](c1cnccn1)N1CCCC[C@@H]1CN. The van der Waals surface area contributed by atoms with Crippen LogP contribution in [0.25, 0.3) is 0 Å². The van der Waals surface area contributed by atoms with Crippen molar-refractivity contribution in [2.24, 2.45) is 5.73 Å². The number of nitrogens with zero attached hydrogens (tertiary/aromatic N) is 3. The van der Waals surface area contributed by atoms with Gasteiger partial charge in [0.15, 0.2) is 0 Å². The van der Waals surface area contributed by atoms with Gasteiger partial charge in [-0.25, -0.2) is 0 Å². The summed E-state index contributed by atoms with van der Waals surface area (Å²) >= 11 is 0. The van der Waals surface area contributed by atoms with Gasteiger partial charge in [-0.15, -0.1) is 0 Å². The van der Waals surface area contributed by atoms with Crippen molar-refractivity contribution in [2.45, 2.75) is 38.3 Å². The lowest BCUT2D eigenvalue weighted by Crippen LogP contribution is -2.45. The molecule has 2 N–H and O–H groups in total. The molecule has 0 spiro atoms. The second kappa shape index (κ2) is 5.37. The predicted octanol–water partition coefficient (Wildman–Crippen LogP) is 1.35. The molecule has 2 rings (SSSR count). The number of hydrogen-bond acceptors (Lipinski definition) is 4. The Morgan fingerprint density at radius 1 is 1.50 bits per heavy atom. The monoisotopic (exact) mass is 220 g/mol. The molecule has 0 aliphatic carbocycles. The summed E-state index contributed by atoms with van der Waals surface area (Å²) < 4.78 is 0. The molecule has 1 aromatic heterocycles. The van der Waals surface area contributed by atoms with Crippen molar-refractivity contribution in [3.63, 3.8) is 0 Å². The first-order chi connectivity index (χ1) is 7.83. The fraction of sp³-hybridized carbons (Fsp3) is 0.667. The van der Waals surface area contributed by atoms with Crippen LogP contribution in [0.5, 0.6) is 0 Å². The van der Waals surface area contributed by atoms with Crippen molar-refractivity contribution in [3.05, 3.63) is 24.3 Å². The van der Waals surface area contributed by atoms with Gasteiger partial charge in [0.05, 0.1) is 11.7 Å². The largest absolute Gasteiger partial charge is 0.329 e. The van der Waals surface area contributed by atoms with E-state index < -0.39 is 0 Å². The molecule has 2 heterocycles. The molecule has 1 fully saturated rings. The van der Waals surface area contributed by atoms with E-state index in [0.29, 0.717) is 12.1 Å². The van der Waals surface area contributed by atoms with Crippen LogP contribution in [0.15, 0.2) is 18.6 Å². The summed E-state index contributed by atoms with van der Waals surface area (Å²) in [5, 5.41) is 0. The van der Waals surface area contributed by atoms with Crippen LogP contribution < -0.4 is 5.73 Å². The Morgan fingerprint density at radius 3 is 3.06 bits per heavy atom. The van der Waals surface area contributed by atoms with E-state index in [9.17, 15) is 0 Å². The van der Waals surface area contributed by atoms with Crippen LogP contribution in [0.1, 0.15) is 37.9 Å². The van der Waals surface area contributed by atoms with Crippen molar-refractivity contribution in [1.29, 1.82) is 0 Å². The minimum Gasteiger partial charge on any atom is -0.329 e. The normalized spacial score (nSPS) is 24.2. The molecule has 1 saturated heterocycles. The Kier molecular flexibility index (Phi) is 3.85. The quantitative estimate of drug-likeness (QED) is 0.835. The highest BCUT2D eigenvalue weighted by molar-refractivity contribution is 5.02. The van der Waals surface area contributed by atoms with Crippen LogP contribution in [0.4, 0.5) is 0 Å². The summed E-state index contributed by atoms with van der Waals surface area (Å²) in [6, 6.07) is 0.827. The summed E-state index contributed by atoms with van der Waals surface area (Å²) in [5.41, 5.74) is 6.88. The first-order valence-corrected chi connectivity index (χ1v) is 6.04. The van der Waals surface area contributed by atoms with E-state index in [1.807, 2.05) is 6.20 Å². The average Bonchev–Trinajstić information content (AvgIpc) is 2.39.